The van der Waals surface area contributed by atoms with Gasteiger partial charge in [0.2, 0.25) is 0 Å². The van der Waals surface area contributed by atoms with E-state index in [1.807, 2.05) is 24.3 Å². The van der Waals surface area contributed by atoms with Gasteiger partial charge in [0, 0.05) is 17.4 Å². The Morgan fingerprint density at radius 2 is 1.67 bits per heavy atom. The molecule has 5 rings (SSSR count). The molecular formula is C19H24O2. The molecule has 4 bridgehead atoms. The van der Waals surface area contributed by atoms with Crippen molar-refractivity contribution in [3.8, 4) is 5.75 Å². The van der Waals surface area contributed by atoms with E-state index in [0.29, 0.717) is 12.2 Å². The molecule has 0 N–H and O–H groups in total. The van der Waals surface area contributed by atoms with Gasteiger partial charge < -0.3 is 4.74 Å². The van der Waals surface area contributed by atoms with Crippen LogP contribution in [0.4, 0.5) is 0 Å². The van der Waals surface area contributed by atoms with Crippen molar-refractivity contribution in [2.24, 2.45) is 23.2 Å². The Kier molecular flexibility index (Phi) is 3.09. The molecule has 0 aliphatic heterocycles. The molecule has 2 heteroatoms. The molecule has 4 saturated carbocycles. The molecule has 0 amide bonds. The van der Waals surface area contributed by atoms with Gasteiger partial charge in [0.25, 0.3) is 0 Å². The van der Waals surface area contributed by atoms with Crippen LogP contribution in [0.3, 0.4) is 0 Å². The number of ketones is 1. The van der Waals surface area contributed by atoms with Gasteiger partial charge in [-0.25, -0.2) is 0 Å². The average molecular weight is 284 g/mol. The molecule has 4 aliphatic carbocycles. The van der Waals surface area contributed by atoms with E-state index in [4.69, 9.17) is 4.74 Å². The van der Waals surface area contributed by atoms with Crippen LogP contribution in [-0.2, 0) is 11.2 Å². The quantitative estimate of drug-likeness (QED) is 0.834. The van der Waals surface area contributed by atoms with E-state index in [1.165, 1.54) is 19.3 Å². The first-order chi connectivity index (χ1) is 10.2. The van der Waals surface area contributed by atoms with Crippen LogP contribution in [0.25, 0.3) is 0 Å². The van der Waals surface area contributed by atoms with E-state index in [9.17, 15) is 4.79 Å². The van der Waals surface area contributed by atoms with E-state index < -0.39 is 0 Å². The van der Waals surface area contributed by atoms with Gasteiger partial charge in [-0.3, -0.25) is 4.79 Å². The molecule has 0 spiro atoms. The van der Waals surface area contributed by atoms with Crippen LogP contribution >= 0.6 is 0 Å². The van der Waals surface area contributed by atoms with E-state index in [1.54, 1.807) is 7.11 Å². The minimum absolute atomic E-state index is 0.00953. The summed E-state index contributed by atoms with van der Waals surface area (Å²) in [7, 11) is 1.69. The highest BCUT2D eigenvalue weighted by molar-refractivity contribution is 5.87. The van der Waals surface area contributed by atoms with E-state index >= 15 is 0 Å². The third-order valence-electron chi connectivity index (χ3n) is 6.17. The van der Waals surface area contributed by atoms with E-state index in [2.05, 4.69) is 0 Å². The molecule has 0 heterocycles. The van der Waals surface area contributed by atoms with Crippen molar-refractivity contribution >= 4 is 5.78 Å². The monoisotopic (exact) mass is 284 g/mol. The summed E-state index contributed by atoms with van der Waals surface area (Å²) in [4.78, 5) is 13.1. The van der Waals surface area contributed by atoms with Crippen LogP contribution in [0.5, 0.6) is 5.75 Å². The summed E-state index contributed by atoms with van der Waals surface area (Å²) in [6, 6.07) is 7.97. The first-order valence-corrected chi connectivity index (χ1v) is 8.34. The highest BCUT2D eigenvalue weighted by Gasteiger charge is 2.54. The number of para-hydroxylation sites is 1. The molecule has 112 valence electrons. The van der Waals surface area contributed by atoms with Crippen molar-refractivity contribution in [1.29, 1.82) is 0 Å². The van der Waals surface area contributed by atoms with Gasteiger partial charge in [0.05, 0.1) is 7.11 Å². The lowest BCUT2D eigenvalue weighted by atomic mass is 9.48. The predicted molar refractivity (Wildman–Crippen MR) is 82.3 cm³/mol. The molecule has 1 aromatic carbocycles. The Morgan fingerprint density at radius 3 is 2.24 bits per heavy atom. The maximum absolute atomic E-state index is 13.1. The zero-order chi connectivity index (χ0) is 14.4. The summed E-state index contributed by atoms with van der Waals surface area (Å²) in [6.07, 6.45) is 8.20. The second-order valence-electron chi connectivity index (χ2n) is 7.61. The van der Waals surface area contributed by atoms with Crippen molar-refractivity contribution in [2.45, 2.75) is 44.9 Å². The molecular weight excluding hydrogens is 260 g/mol. The first kappa shape index (κ1) is 13.4. The maximum Gasteiger partial charge on any atom is 0.143 e. The van der Waals surface area contributed by atoms with E-state index in [0.717, 1.165) is 48.3 Å². The molecule has 4 aliphatic rings. The number of hydrogen-bond donors (Lipinski definition) is 0. The number of carbonyl (C=O) groups excluding carboxylic acids is 1. The highest BCUT2D eigenvalue weighted by atomic mass is 16.5. The summed E-state index contributed by atoms with van der Waals surface area (Å²) in [5.41, 5.74) is 1.07. The third kappa shape index (κ3) is 2.20. The van der Waals surface area contributed by atoms with Crippen LogP contribution in [-0.4, -0.2) is 12.9 Å². The normalized spacial score (nSPS) is 36.7. The van der Waals surface area contributed by atoms with Crippen molar-refractivity contribution in [3.63, 3.8) is 0 Å². The zero-order valence-electron chi connectivity index (χ0n) is 12.8. The summed E-state index contributed by atoms with van der Waals surface area (Å²) in [6.45, 7) is 0. The molecule has 2 nitrogen and oxygen atoms in total. The fourth-order valence-electron chi connectivity index (χ4n) is 5.66. The van der Waals surface area contributed by atoms with Gasteiger partial charge in [-0.05, 0) is 62.3 Å². The van der Waals surface area contributed by atoms with Crippen LogP contribution in [0.15, 0.2) is 24.3 Å². The topological polar surface area (TPSA) is 26.3 Å². The number of ether oxygens (including phenoxy) is 1. The summed E-state index contributed by atoms with van der Waals surface area (Å²) >= 11 is 0. The zero-order valence-corrected chi connectivity index (χ0v) is 12.8. The molecule has 0 atom stereocenters. The van der Waals surface area contributed by atoms with Crippen LogP contribution < -0.4 is 4.74 Å². The molecule has 4 fully saturated rings. The Hall–Kier alpha value is -1.31. The number of rotatable bonds is 4. The molecule has 0 saturated heterocycles. The molecule has 1 aromatic rings. The Morgan fingerprint density at radius 1 is 1.10 bits per heavy atom. The lowest BCUT2D eigenvalue weighted by Crippen LogP contribution is -2.50. The Bertz CT molecular complexity index is 525. The minimum atomic E-state index is 0.00953. The van der Waals surface area contributed by atoms with Crippen LogP contribution in [0.1, 0.15) is 44.1 Å². The summed E-state index contributed by atoms with van der Waals surface area (Å²) in [5, 5.41) is 0. The number of benzene rings is 1. The summed E-state index contributed by atoms with van der Waals surface area (Å²) in [5.74, 6) is 3.83. The average Bonchev–Trinajstić information content (AvgIpc) is 2.46. The third-order valence-corrected chi connectivity index (χ3v) is 6.17. The van der Waals surface area contributed by atoms with Crippen molar-refractivity contribution < 1.29 is 9.53 Å². The Balaban J connectivity index is 1.57. The van der Waals surface area contributed by atoms with Gasteiger partial charge in [-0.2, -0.15) is 0 Å². The second-order valence-corrected chi connectivity index (χ2v) is 7.61. The largest absolute Gasteiger partial charge is 0.496 e. The Labute approximate surface area is 126 Å². The second kappa shape index (κ2) is 4.86. The van der Waals surface area contributed by atoms with Gasteiger partial charge in [-0.1, -0.05) is 18.2 Å². The van der Waals surface area contributed by atoms with Gasteiger partial charge in [-0.15, -0.1) is 0 Å². The number of methoxy groups -OCH3 is 1. The summed E-state index contributed by atoms with van der Waals surface area (Å²) < 4.78 is 5.41. The SMILES string of the molecule is COc1ccccc1CC(=O)C12CC3CC(CC(C3)C1)C2. The highest BCUT2D eigenvalue weighted by Crippen LogP contribution is 2.60. The standard InChI is InChI=1S/C19H24O2/c1-21-17-5-3-2-4-16(17)9-18(20)19-10-13-6-14(11-19)8-15(7-13)12-19/h2-5,13-15H,6-12H2,1H3. The fourth-order valence-corrected chi connectivity index (χ4v) is 5.66. The lowest BCUT2D eigenvalue weighted by molar-refractivity contribution is -0.143. The number of Topliss-reactive ketones (excluding diaryl/α,β-unsaturated/α-hetero) is 1. The molecule has 0 aromatic heterocycles. The number of hydrogen-bond acceptors (Lipinski definition) is 2. The first-order valence-electron chi connectivity index (χ1n) is 8.34. The minimum Gasteiger partial charge on any atom is -0.496 e. The van der Waals surface area contributed by atoms with Crippen molar-refractivity contribution in [3.05, 3.63) is 29.8 Å². The smallest absolute Gasteiger partial charge is 0.143 e. The molecule has 21 heavy (non-hydrogen) atoms. The predicted octanol–water partition coefficient (Wildman–Crippen LogP) is 4.02. The fraction of sp³-hybridized carbons (Fsp3) is 0.632. The lowest BCUT2D eigenvalue weighted by Gasteiger charge is -2.56. The molecule has 0 radical (unpaired) electrons. The van der Waals surface area contributed by atoms with Gasteiger partial charge >= 0.3 is 0 Å². The van der Waals surface area contributed by atoms with Gasteiger partial charge in [0.1, 0.15) is 11.5 Å². The maximum atomic E-state index is 13.1. The van der Waals surface area contributed by atoms with Crippen LogP contribution in [0.2, 0.25) is 0 Å². The van der Waals surface area contributed by atoms with Crippen molar-refractivity contribution in [1.82, 2.24) is 0 Å². The van der Waals surface area contributed by atoms with Crippen LogP contribution in [0, 0.1) is 23.2 Å². The van der Waals surface area contributed by atoms with Crippen molar-refractivity contribution in [2.75, 3.05) is 7.11 Å². The van der Waals surface area contributed by atoms with Gasteiger partial charge in [0.15, 0.2) is 0 Å². The molecule has 0 unspecified atom stereocenters. The van der Waals surface area contributed by atoms with E-state index in [-0.39, 0.29) is 5.41 Å². The number of carbonyl (C=O) groups is 1.